The Morgan fingerprint density at radius 3 is 3.11 bits per heavy atom. The minimum absolute atomic E-state index is 0.146. The van der Waals surface area contributed by atoms with Gasteiger partial charge in [-0.25, -0.2) is 0 Å². The summed E-state index contributed by atoms with van der Waals surface area (Å²) in [5.41, 5.74) is 7.52. The minimum Gasteiger partial charge on any atom is -0.324 e. The summed E-state index contributed by atoms with van der Waals surface area (Å²) in [6, 6.07) is 8.50. The Morgan fingerprint density at radius 2 is 2.37 bits per heavy atom. The standard InChI is InChI=1S/C15H23BrN2S/c1-2-14-11-18(8-9-19-14)7-6-15(17)12-4-3-5-13(16)10-12/h3-5,10,14-15H,2,6-9,11,17H2,1H3. The third kappa shape index (κ3) is 4.78. The largest absolute Gasteiger partial charge is 0.324 e. The van der Waals surface area contributed by atoms with Crippen molar-refractivity contribution >= 4 is 27.7 Å². The van der Waals surface area contributed by atoms with Crippen LogP contribution in [0, 0.1) is 0 Å². The van der Waals surface area contributed by atoms with Crippen molar-refractivity contribution in [1.82, 2.24) is 4.90 Å². The van der Waals surface area contributed by atoms with Gasteiger partial charge in [0.1, 0.15) is 0 Å². The van der Waals surface area contributed by atoms with Crippen molar-refractivity contribution in [2.24, 2.45) is 5.73 Å². The summed E-state index contributed by atoms with van der Waals surface area (Å²) < 4.78 is 1.11. The number of rotatable bonds is 5. The highest BCUT2D eigenvalue weighted by molar-refractivity contribution is 9.10. The van der Waals surface area contributed by atoms with Crippen LogP contribution < -0.4 is 5.73 Å². The van der Waals surface area contributed by atoms with Crippen molar-refractivity contribution in [1.29, 1.82) is 0 Å². The molecule has 0 bridgehead atoms. The molecule has 19 heavy (non-hydrogen) atoms. The van der Waals surface area contributed by atoms with E-state index in [0.717, 1.165) is 22.7 Å². The Balaban J connectivity index is 1.81. The monoisotopic (exact) mass is 342 g/mol. The van der Waals surface area contributed by atoms with Crippen molar-refractivity contribution in [2.45, 2.75) is 31.1 Å². The molecule has 1 aliphatic heterocycles. The summed E-state index contributed by atoms with van der Waals surface area (Å²) in [4.78, 5) is 2.57. The molecule has 0 saturated carbocycles. The van der Waals surface area contributed by atoms with E-state index in [4.69, 9.17) is 5.73 Å². The molecule has 1 aromatic carbocycles. The highest BCUT2D eigenvalue weighted by Crippen LogP contribution is 2.23. The van der Waals surface area contributed by atoms with E-state index < -0.39 is 0 Å². The molecule has 0 aromatic heterocycles. The molecule has 1 fully saturated rings. The zero-order chi connectivity index (χ0) is 13.7. The summed E-state index contributed by atoms with van der Waals surface area (Å²) in [6.07, 6.45) is 2.32. The Kier molecular flexibility index (Phi) is 6.20. The Labute approximate surface area is 129 Å². The second-order valence-corrected chi connectivity index (χ2v) is 7.48. The summed E-state index contributed by atoms with van der Waals surface area (Å²) in [7, 11) is 0. The summed E-state index contributed by atoms with van der Waals surface area (Å²) in [6.45, 7) is 5.85. The van der Waals surface area contributed by atoms with Gasteiger partial charge in [0.05, 0.1) is 0 Å². The van der Waals surface area contributed by atoms with Gasteiger partial charge in [-0.1, -0.05) is 35.0 Å². The van der Waals surface area contributed by atoms with E-state index in [-0.39, 0.29) is 6.04 Å². The second kappa shape index (κ2) is 7.67. The number of nitrogens with two attached hydrogens (primary N) is 1. The van der Waals surface area contributed by atoms with Gasteiger partial charge in [-0.05, 0) is 30.5 Å². The maximum absolute atomic E-state index is 6.30. The van der Waals surface area contributed by atoms with Crippen LogP contribution in [0.4, 0.5) is 0 Å². The number of benzene rings is 1. The maximum atomic E-state index is 6.30. The molecule has 0 spiro atoms. The van der Waals surface area contributed by atoms with E-state index in [1.165, 1.54) is 30.8 Å². The SMILES string of the molecule is CCC1CN(CCC(N)c2cccc(Br)c2)CCS1. The average Bonchev–Trinajstić information content (AvgIpc) is 2.45. The lowest BCUT2D eigenvalue weighted by Crippen LogP contribution is -2.39. The lowest BCUT2D eigenvalue weighted by molar-refractivity contribution is 0.270. The summed E-state index contributed by atoms with van der Waals surface area (Å²) in [5.74, 6) is 1.27. The van der Waals surface area contributed by atoms with Crippen LogP contribution >= 0.6 is 27.7 Å². The molecule has 1 aliphatic rings. The van der Waals surface area contributed by atoms with Crippen LogP contribution in [0.1, 0.15) is 31.4 Å². The summed E-state index contributed by atoms with van der Waals surface area (Å²) in [5, 5.41) is 0.816. The topological polar surface area (TPSA) is 29.3 Å². The second-order valence-electron chi connectivity index (χ2n) is 5.15. The quantitative estimate of drug-likeness (QED) is 0.885. The predicted molar refractivity (Wildman–Crippen MR) is 88.7 cm³/mol. The molecule has 2 N–H and O–H groups in total. The fourth-order valence-corrected chi connectivity index (χ4v) is 4.12. The normalized spacial score (nSPS) is 22.4. The molecule has 2 nitrogen and oxygen atoms in total. The van der Waals surface area contributed by atoms with E-state index in [1.807, 2.05) is 6.07 Å². The Hall–Kier alpha value is -0.0300. The third-order valence-electron chi connectivity index (χ3n) is 3.71. The van der Waals surface area contributed by atoms with Crippen LogP contribution in [0.2, 0.25) is 0 Å². The van der Waals surface area contributed by atoms with Crippen molar-refractivity contribution in [3.05, 3.63) is 34.3 Å². The van der Waals surface area contributed by atoms with Gasteiger partial charge in [-0.3, -0.25) is 0 Å². The number of thioether (sulfide) groups is 1. The first-order valence-electron chi connectivity index (χ1n) is 7.04. The van der Waals surface area contributed by atoms with Crippen LogP contribution in [0.5, 0.6) is 0 Å². The molecule has 1 saturated heterocycles. The highest BCUT2D eigenvalue weighted by Gasteiger charge is 2.19. The molecule has 1 aromatic rings. The van der Waals surface area contributed by atoms with Gasteiger partial charge >= 0.3 is 0 Å². The first-order valence-corrected chi connectivity index (χ1v) is 8.88. The van der Waals surface area contributed by atoms with Crippen LogP contribution in [-0.4, -0.2) is 35.5 Å². The number of hydrogen-bond donors (Lipinski definition) is 1. The van der Waals surface area contributed by atoms with Gasteiger partial charge in [0.2, 0.25) is 0 Å². The van der Waals surface area contributed by atoms with Crippen LogP contribution in [0.15, 0.2) is 28.7 Å². The van der Waals surface area contributed by atoms with Crippen LogP contribution in [0.3, 0.4) is 0 Å². The van der Waals surface area contributed by atoms with Crippen LogP contribution in [0.25, 0.3) is 0 Å². The first kappa shape index (κ1) is 15.4. The van der Waals surface area contributed by atoms with Gasteiger partial charge in [-0.2, -0.15) is 11.8 Å². The van der Waals surface area contributed by atoms with Crippen LogP contribution in [-0.2, 0) is 0 Å². The van der Waals surface area contributed by atoms with Crippen molar-refractivity contribution in [3.8, 4) is 0 Å². The number of hydrogen-bond acceptors (Lipinski definition) is 3. The molecule has 2 unspecified atom stereocenters. The molecule has 0 amide bonds. The average molecular weight is 343 g/mol. The van der Waals surface area contributed by atoms with E-state index in [2.05, 4.69) is 57.7 Å². The predicted octanol–water partition coefficient (Wildman–Crippen LogP) is 3.67. The lowest BCUT2D eigenvalue weighted by Gasteiger charge is -2.32. The molecular formula is C15H23BrN2S. The van der Waals surface area contributed by atoms with Crippen molar-refractivity contribution < 1.29 is 0 Å². The Bertz CT molecular complexity index is 399. The van der Waals surface area contributed by atoms with Gasteiger partial charge < -0.3 is 10.6 Å². The first-order chi connectivity index (χ1) is 9.19. The molecule has 106 valence electrons. The maximum Gasteiger partial charge on any atom is 0.0307 e. The van der Waals surface area contributed by atoms with Crippen molar-refractivity contribution in [2.75, 3.05) is 25.4 Å². The van der Waals surface area contributed by atoms with Crippen molar-refractivity contribution in [3.63, 3.8) is 0 Å². The van der Waals surface area contributed by atoms with Gasteiger partial charge in [0, 0.05) is 41.2 Å². The van der Waals surface area contributed by atoms with E-state index in [0.29, 0.717) is 0 Å². The fourth-order valence-electron chi connectivity index (χ4n) is 2.46. The Morgan fingerprint density at radius 1 is 1.53 bits per heavy atom. The summed E-state index contributed by atoms with van der Waals surface area (Å²) >= 11 is 5.63. The highest BCUT2D eigenvalue weighted by atomic mass is 79.9. The van der Waals surface area contributed by atoms with E-state index in [9.17, 15) is 0 Å². The smallest absolute Gasteiger partial charge is 0.0307 e. The lowest BCUT2D eigenvalue weighted by atomic mass is 10.0. The van der Waals surface area contributed by atoms with E-state index in [1.54, 1.807) is 0 Å². The molecule has 0 aliphatic carbocycles. The molecule has 0 radical (unpaired) electrons. The fraction of sp³-hybridized carbons (Fsp3) is 0.600. The molecule has 2 atom stereocenters. The molecule has 2 rings (SSSR count). The van der Waals surface area contributed by atoms with Gasteiger partial charge in [0.15, 0.2) is 0 Å². The minimum atomic E-state index is 0.146. The van der Waals surface area contributed by atoms with E-state index >= 15 is 0 Å². The van der Waals surface area contributed by atoms with Gasteiger partial charge in [0.25, 0.3) is 0 Å². The molecule has 1 heterocycles. The third-order valence-corrected chi connectivity index (χ3v) is 5.58. The number of halogens is 1. The number of nitrogens with zero attached hydrogens (tertiary/aromatic N) is 1. The van der Waals surface area contributed by atoms with Gasteiger partial charge in [-0.15, -0.1) is 0 Å². The zero-order valence-corrected chi connectivity index (χ0v) is 13.9. The molecule has 4 heteroatoms. The zero-order valence-electron chi connectivity index (χ0n) is 11.5. The molecular weight excluding hydrogens is 320 g/mol.